The maximum absolute atomic E-state index is 9.55. The number of methoxy groups -OCH3 is 1. The Morgan fingerprint density at radius 2 is 1.59 bits per heavy atom. The largest absolute Gasteiger partial charge is 0.497 e. The predicted octanol–water partition coefficient (Wildman–Crippen LogP) is 2.47. The van der Waals surface area contributed by atoms with Crippen molar-refractivity contribution < 1.29 is 29.3 Å². The van der Waals surface area contributed by atoms with E-state index < -0.39 is 11.9 Å². The molecule has 156 valence electrons. The lowest BCUT2D eigenvalue weighted by Gasteiger charge is -2.22. The van der Waals surface area contributed by atoms with Crippen molar-refractivity contribution >= 4 is 11.9 Å². The van der Waals surface area contributed by atoms with E-state index in [1.807, 2.05) is 49.5 Å². The highest BCUT2D eigenvalue weighted by molar-refractivity contribution is 5.89. The Balaban J connectivity index is 0.000000447. The molecular weight excluding hydrogens is 376 g/mol. The van der Waals surface area contributed by atoms with Crippen molar-refractivity contribution in [1.29, 1.82) is 0 Å². The van der Waals surface area contributed by atoms with Gasteiger partial charge in [0.25, 0.3) is 0 Å². The minimum atomic E-state index is -1.26. The Bertz CT molecular complexity index is 760. The Labute approximate surface area is 169 Å². The molecule has 1 atom stereocenters. The number of carboxylic acids is 2. The molecule has 0 saturated carbocycles. The second-order valence-corrected chi connectivity index (χ2v) is 6.01. The third-order valence-electron chi connectivity index (χ3n) is 3.60. The smallest absolute Gasteiger partial charge is 0.328 e. The topological polar surface area (TPSA) is 122 Å². The Morgan fingerprint density at radius 1 is 1.03 bits per heavy atom. The number of hydrazine groups is 1. The number of nitrogens with two attached hydrogens (primary N) is 1. The highest BCUT2D eigenvalue weighted by atomic mass is 16.5. The van der Waals surface area contributed by atoms with Crippen LogP contribution in [0, 0.1) is 0 Å². The molecule has 4 N–H and O–H groups in total. The second-order valence-electron chi connectivity index (χ2n) is 6.01. The molecule has 0 radical (unpaired) electrons. The van der Waals surface area contributed by atoms with Crippen LogP contribution in [0.5, 0.6) is 5.75 Å². The van der Waals surface area contributed by atoms with Crippen LogP contribution in [0.1, 0.15) is 17.2 Å². The molecule has 8 heteroatoms. The predicted molar refractivity (Wildman–Crippen MR) is 108 cm³/mol. The fourth-order valence-electron chi connectivity index (χ4n) is 2.25. The fourth-order valence-corrected chi connectivity index (χ4v) is 2.25. The maximum atomic E-state index is 9.55. The summed E-state index contributed by atoms with van der Waals surface area (Å²) in [6.45, 7) is 1.19. The van der Waals surface area contributed by atoms with E-state index in [1.54, 1.807) is 12.1 Å². The molecule has 0 heterocycles. The van der Waals surface area contributed by atoms with Gasteiger partial charge in [-0.25, -0.2) is 14.6 Å². The molecule has 2 aromatic carbocycles. The number of hydrogen-bond donors (Lipinski definition) is 3. The molecule has 0 amide bonds. The minimum absolute atomic E-state index is 0.0777. The van der Waals surface area contributed by atoms with Crippen LogP contribution in [0.15, 0.2) is 66.7 Å². The Morgan fingerprint density at radius 3 is 2.03 bits per heavy atom. The van der Waals surface area contributed by atoms with Crippen LogP contribution in [0.25, 0.3) is 0 Å². The third kappa shape index (κ3) is 10.6. The minimum Gasteiger partial charge on any atom is -0.497 e. The van der Waals surface area contributed by atoms with Gasteiger partial charge in [0, 0.05) is 25.7 Å². The normalized spacial score (nSPS) is 11.6. The summed E-state index contributed by atoms with van der Waals surface area (Å²) < 4.78 is 11.2. The number of aliphatic carboxylic acids is 2. The highest BCUT2D eigenvalue weighted by Crippen LogP contribution is 2.22. The summed E-state index contributed by atoms with van der Waals surface area (Å²) in [5, 5.41) is 17.3. The molecule has 0 fully saturated rings. The number of ether oxygens (including phenoxy) is 2. The summed E-state index contributed by atoms with van der Waals surface area (Å²) >= 11 is 0. The van der Waals surface area contributed by atoms with Crippen molar-refractivity contribution in [2.45, 2.75) is 12.7 Å². The number of likely N-dealkylation sites (N-methyl/N-ethyl adjacent to an activating group) is 1. The quantitative estimate of drug-likeness (QED) is 0.332. The van der Waals surface area contributed by atoms with E-state index in [0.29, 0.717) is 25.3 Å². The molecule has 0 aliphatic carbocycles. The summed E-state index contributed by atoms with van der Waals surface area (Å²) in [6.07, 6.45) is 1.04. The molecular formula is C21H26N2O6. The van der Waals surface area contributed by atoms with E-state index in [9.17, 15) is 9.59 Å². The fraction of sp³-hybridized carbons (Fsp3) is 0.238. The van der Waals surface area contributed by atoms with Crippen LogP contribution >= 0.6 is 0 Å². The number of carboxylic acid groups (broad SMARTS) is 2. The lowest BCUT2D eigenvalue weighted by molar-refractivity contribution is -0.134. The molecule has 29 heavy (non-hydrogen) atoms. The van der Waals surface area contributed by atoms with E-state index in [4.69, 9.17) is 25.5 Å². The number of hydrogen-bond acceptors (Lipinski definition) is 6. The van der Waals surface area contributed by atoms with Crippen molar-refractivity contribution in [3.63, 3.8) is 0 Å². The van der Waals surface area contributed by atoms with Crippen LogP contribution in [0.2, 0.25) is 0 Å². The first kappa shape index (κ1) is 23.8. The maximum Gasteiger partial charge on any atom is 0.328 e. The molecule has 8 nitrogen and oxygen atoms in total. The standard InChI is InChI=1S/C17H22N2O2.C4H4O4/c1-19(18)12-17(15-8-10-16(20-2)11-9-15)21-13-14-6-4-3-5-7-14;5-3(6)1-2-4(7)8/h3-11,17H,12-13,18H2,1-2H3;1-2H,(H,5,6)(H,7,8)/b;2-1+. The van der Waals surface area contributed by atoms with Crippen LogP contribution < -0.4 is 10.6 Å². The van der Waals surface area contributed by atoms with Crippen LogP contribution in [0.4, 0.5) is 0 Å². The highest BCUT2D eigenvalue weighted by Gasteiger charge is 2.14. The number of benzene rings is 2. The van der Waals surface area contributed by atoms with Crippen molar-refractivity contribution in [3.05, 3.63) is 77.9 Å². The zero-order valence-electron chi connectivity index (χ0n) is 16.4. The Kier molecular flexibility index (Phi) is 10.7. The molecule has 0 saturated heterocycles. The number of carbonyl (C=O) groups is 2. The summed E-state index contributed by atoms with van der Waals surface area (Å²) in [6, 6.07) is 18.0. The first-order valence-electron chi connectivity index (χ1n) is 8.71. The van der Waals surface area contributed by atoms with Crippen LogP contribution in [-0.4, -0.2) is 47.9 Å². The number of nitrogens with zero attached hydrogens (tertiary/aromatic N) is 1. The van der Waals surface area contributed by atoms with Gasteiger partial charge >= 0.3 is 11.9 Å². The molecule has 2 aromatic rings. The summed E-state index contributed by atoms with van der Waals surface area (Å²) in [5.41, 5.74) is 2.24. The summed E-state index contributed by atoms with van der Waals surface area (Å²) in [5.74, 6) is 4.11. The van der Waals surface area contributed by atoms with E-state index >= 15 is 0 Å². The summed E-state index contributed by atoms with van der Waals surface area (Å²) in [4.78, 5) is 19.1. The van der Waals surface area contributed by atoms with E-state index in [2.05, 4.69) is 12.1 Å². The second kappa shape index (κ2) is 13.1. The first-order chi connectivity index (χ1) is 13.8. The van der Waals surface area contributed by atoms with E-state index in [0.717, 1.165) is 16.9 Å². The SMILES string of the molecule is COc1ccc(C(CN(C)N)OCc2ccccc2)cc1.O=C(O)/C=C/C(=O)O. The van der Waals surface area contributed by atoms with E-state index in [-0.39, 0.29) is 6.10 Å². The lowest BCUT2D eigenvalue weighted by atomic mass is 10.1. The van der Waals surface area contributed by atoms with Crippen LogP contribution in [0.3, 0.4) is 0 Å². The van der Waals surface area contributed by atoms with Gasteiger partial charge in [-0.1, -0.05) is 42.5 Å². The van der Waals surface area contributed by atoms with Gasteiger partial charge in [-0.3, -0.25) is 5.84 Å². The number of rotatable bonds is 9. The van der Waals surface area contributed by atoms with Crippen molar-refractivity contribution in [3.8, 4) is 5.75 Å². The molecule has 1 unspecified atom stereocenters. The van der Waals surface area contributed by atoms with E-state index in [1.165, 1.54) is 0 Å². The molecule has 0 bridgehead atoms. The third-order valence-corrected chi connectivity index (χ3v) is 3.60. The average molecular weight is 402 g/mol. The molecule has 0 aliphatic heterocycles. The molecule has 2 rings (SSSR count). The average Bonchev–Trinajstić information content (AvgIpc) is 2.70. The van der Waals surface area contributed by atoms with Gasteiger partial charge in [0.15, 0.2) is 0 Å². The summed E-state index contributed by atoms with van der Waals surface area (Å²) in [7, 11) is 3.49. The van der Waals surface area contributed by atoms with Crippen molar-refractivity contribution in [1.82, 2.24) is 5.01 Å². The lowest BCUT2D eigenvalue weighted by Crippen LogP contribution is -2.31. The molecule has 0 spiro atoms. The van der Waals surface area contributed by atoms with Crippen LogP contribution in [-0.2, 0) is 20.9 Å². The zero-order chi connectivity index (χ0) is 21.6. The molecule has 0 aliphatic rings. The zero-order valence-corrected chi connectivity index (χ0v) is 16.4. The first-order valence-corrected chi connectivity index (χ1v) is 8.71. The van der Waals surface area contributed by atoms with Gasteiger partial charge in [0.2, 0.25) is 0 Å². The van der Waals surface area contributed by atoms with Gasteiger partial charge in [0.1, 0.15) is 5.75 Å². The Hall–Kier alpha value is -3.20. The van der Waals surface area contributed by atoms with Gasteiger partial charge in [-0.05, 0) is 23.3 Å². The van der Waals surface area contributed by atoms with Crippen molar-refractivity contribution in [2.75, 3.05) is 20.7 Å². The monoisotopic (exact) mass is 402 g/mol. The van der Waals surface area contributed by atoms with Gasteiger partial charge in [-0.15, -0.1) is 0 Å². The van der Waals surface area contributed by atoms with Crippen molar-refractivity contribution in [2.24, 2.45) is 5.84 Å². The van der Waals surface area contributed by atoms with Gasteiger partial charge in [0.05, 0.1) is 19.8 Å². The molecule has 0 aromatic heterocycles. The van der Waals surface area contributed by atoms with Gasteiger partial charge < -0.3 is 19.7 Å². The van der Waals surface area contributed by atoms with Gasteiger partial charge in [-0.2, -0.15) is 0 Å².